The largest absolute Gasteiger partial charge is 0.368 e. The van der Waals surface area contributed by atoms with Gasteiger partial charge in [-0.15, -0.1) is 11.3 Å². The molecule has 1 N–H and O–H groups in total. The number of nitrogens with one attached hydrogen (secondary N) is 1. The second-order valence-corrected chi connectivity index (χ2v) is 9.61. The quantitative estimate of drug-likeness (QED) is 0.798. The van der Waals surface area contributed by atoms with E-state index in [9.17, 15) is 13.2 Å². The number of aryl methyl sites for hydroxylation is 1. The summed E-state index contributed by atoms with van der Waals surface area (Å²) in [6, 6.07) is 9.55. The van der Waals surface area contributed by atoms with Crippen LogP contribution < -0.4 is 9.62 Å². The summed E-state index contributed by atoms with van der Waals surface area (Å²) in [5.41, 5.74) is 3.77. The van der Waals surface area contributed by atoms with Crippen LogP contribution in [0.5, 0.6) is 0 Å². The van der Waals surface area contributed by atoms with Crippen molar-refractivity contribution >= 4 is 33.0 Å². The molecule has 27 heavy (non-hydrogen) atoms. The van der Waals surface area contributed by atoms with E-state index in [1.54, 1.807) is 17.5 Å². The molecule has 2 aromatic rings. The third-order valence-electron chi connectivity index (χ3n) is 4.94. The summed E-state index contributed by atoms with van der Waals surface area (Å²) in [4.78, 5) is 16.5. The minimum atomic E-state index is -3.51. The van der Waals surface area contributed by atoms with E-state index in [0.29, 0.717) is 13.1 Å². The second-order valence-electron chi connectivity index (χ2n) is 6.67. The molecule has 3 rings (SSSR count). The van der Waals surface area contributed by atoms with Gasteiger partial charge in [0.1, 0.15) is 4.21 Å². The van der Waals surface area contributed by atoms with E-state index in [1.165, 1.54) is 28.2 Å². The number of amides is 1. The Bertz CT molecular complexity index is 887. The van der Waals surface area contributed by atoms with Crippen LogP contribution in [-0.2, 0) is 14.8 Å². The first-order chi connectivity index (χ1) is 12.9. The van der Waals surface area contributed by atoms with Crippen LogP contribution in [0.15, 0.2) is 39.9 Å². The van der Waals surface area contributed by atoms with E-state index < -0.39 is 10.0 Å². The van der Waals surface area contributed by atoms with Crippen molar-refractivity contribution in [3.63, 3.8) is 0 Å². The van der Waals surface area contributed by atoms with Crippen molar-refractivity contribution in [2.75, 3.05) is 37.6 Å². The summed E-state index contributed by atoms with van der Waals surface area (Å²) in [5, 5.41) is 1.72. The van der Waals surface area contributed by atoms with Crippen LogP contribution in [0.2, 0.25) is 0 Å². The number of thiophene rings is 1. The molecule has 0 unspecified atom stereocenters. The SMILES string of the molecule is Cc1cccc(N2CCN(C(=O)CCNS(=O)(=O)c3cccs3)CC2)c1C. The molecule has 1 aromatic carbocycles. The van der Waals surface area contributed by atoms with Crippen molar-refractivity contribution in [3.05, 3.63) is 46.8 Å². The lowest BCUT2D eigenvalue weighted by Crippen LogP contribution is -2.49. The Morgan fingerprint density at radius 2 is 1.85 bits per heavy atom. The molecule has 1 fully saturated rings. The fraction of sp³-hybridized carbons (Fsp3) is 0.421. The normalized spacial score (nSPS) is 15.2. The molecule has 0 aliphatic carbocycles. The van der Waals surface area contributed by atoms with E-state index in [4.69, 9.17) is 0 Å². The summed E-state index contributed by atoms with van der Waals surface area (Å²) in [6.45, 7) is 7.25. The second kappa shape index (κ2) is 8.41. The molecule has 1 aliphatic rings. The van der Waals surface area contributed by atoms with Crippen LogP contribution in [0.3, 0.4) is 0 Å². The molecule has 1 aliphatic heterocycles. The van der Waals surface area contributed by atoms with Gasteiger partial charge in [0.05, 0.1) is 0 Å². The first-order valence-electron chi connectivity index (χ1n) is 9.00. The van der Waals surface area contributed by atoms with Gasteiger partial charge in [-0.2, -0.15) is 0 Å². The van der Waals surface area contributed by atoms with Gasteiger partial charge in [-0.25, -0.2) is 13.1 Å². The molecule has 0 radical (unpaired) electrons. The average Bonchev–Trinajstić information content (AvgIpc) is 3.20. The molecule has 6 nitrogen and oxygen atoms in total. The van der Waals surface area contributed by atoms with Gasteiger partial charge in [-0.3, -0.25) is 4.79 Å². The van der Waals surface area contributed by atoms with Gasteiger partial charge in [0, 0.05) is 44.8 Å². The van der Waals surface area contributed by atoms with Crippen molar-refractivity contribution in [2.45, 2.75) is 24.5 Å². The van der Waals surface area contributed by atoms with E-state index in [1.807, 2.05) is 4.90 Å². The highest BCUT2D eigenvalue weighted by molar-refractivity contribution is 7.91. The number of benzene rings is 1. The predicted molar refractivity (Wildman–Crippen MR) is 109 cm³/mol. The van der Waals surface area contributed by atoms with E-state index >= 15 is 0 Å². The smallest absolute Gasteiger partial charge is 0.250 e. The van der Waals surface area contributed by atoms with Crippen LogP contribution in [0.4, 0.5) is 5.69 Å². The van der Waals surface area contributed by atoms with Crippen molar-refractivity contribution < 1.29 is 13.2 Å². The zero-order chi connectivity index (χ0) is 19.4. The molecule has 0 bridgehead atoms. The van der Waals surface area contributed by atoms with Crippen molar-refractivity contribution in [1.29, 1.82) is 0 Å². The summed E-state index contributed by atoms with van der Waals surface area (Å²) in [7, 11) is -3.51. The number of anilines is 1. The maximum absolute atomic E-state index is 12.4. The fourth-order valence-electron chi connectivity index (χ4n) is 3.21. The number of nitrogens with zero attached hydrogens (tertiary/aromatic N) is 2. The third kappa shape index (κ3) is 4.69. The Morgan fingerprint density at radius 1 is 1.11 bits per heavy atom. The standard InChI is InChI=1S/C19H25N3O3S2/c1-15-5-3-6-17(16(15)2)21-10-12-22(13-11-21)18(23)8-9-20-27(24,25)19-7-4-14-26-19/h3-7,14,20H,8-13H2,1-2H3. The lowest BCUT2D eigenvalue weighted by molar-refractivity contribution is -0.131. The molecule has 0 saturated carbocycles. The topological polar surface area (TPSA) is 69.7 Å². The maximum Gasteiger partial charge on any atom is 0.250 e. The summed E-state index contributed by atoms with van der Waals surface area (Å²) >= 11 is 1.17. The van der Waals surface area contributed by atoms with Crippen molar-refractivity contribution in [1.82, 2.24) is 9.62 Å². The molecular weight excluding hydrogens is 382 g/mol. The Balaban J connectivity index is 1.48. The Labute approximate surface area is 164 Å². The number of piperazine rings is 1. The van der Waals surface area contributed by atoms with Gasteiger partial charge in [0.15, 0.2) is 0 Å². The maximum atomic E-state index is 12.4. The van der Waals surface area contributed by atoms with Gasteiger partial charge < -0.3 is 9.80 Å². The minimum absolute atomic E-state index is 0.00973. The molecule has 146 valence electrons. The Morgan fingerprint density at radius 3 is 2.52 bits per heavy atom. The number of sulfonamides is 1. The first kappa shape index (κ1) is 19.9. The minimum Gasteiger partial charge on any atom is -0.368 e. The lowest BCUT2D eigenvalue weighted by atomic mass is 10.1. The van der Waals surface area contributed by atoms with Gasteiger partial charge in [0.25, 0.3) is 0 Å². The average molecular weight is 408 g/mol. The third-order valence-corrected chi connectivity index (χ3v) is 7.80. The van der Waals surface area contributed by atoms with E-state index in [-0.39, 0.29) is 23.1 Å². The van der Waals surface area contributed by atoms with E-state index in [2.05, 4.69) is 41.7 Å². The van der Waals surface area contributed by atoms with Crippen LogP contribution in [0, 0.1) is 13.8 Å². The molecule has 8 heteroatoms. The lowest BCUT2D eigenvalue weighted by Gasteiger charge is -2.37. The number of carbonyl (C=O) groups excluding carboxylic acids is 1. The molecule has 1 saturated heterocycles. The highest BCUT2D eigenvalue weighted by Gasteiger charge is 2.23. The van der Waals surface area contributed by atoms with Crippen LogP contribution in [-0.4, -0.2) is 51.9 Å². The summed E-state index contributed by atoms with van der Waals surface area (Å²) in [6.07, 6.45) is 0.175. The van der Waals surface area contributed by atoms with Gasteiger partial charge in [0.2, 0.25) is 15.9 Å². The Hall–Kier alpha value is -1.90. The highest BCUT2D eigenvalue weighted by atomic mass is 32.2. The molecule has 1 amide bonds. The number of hydrogen-bond donors (Lipinski definition) is 1. The number of carbonyl (C=O) groups is 1. The Kier molecular flexibility index (Phi) is 6.18. The fourth-order valence-corrected chi connectivity index (χ4v) is 5.28. The van der Waals surface area contributed by atoms with Crippen molar-refractivity contribution in [2.24, 2.45) is 0 Å². The molecule has 2 heterocycles. The monoisotopic (exact) mass is 407 g/mol. The molecule has 1 aromatic heterocycles. The van der Waals surface area contributed by atoms with Crippen LogP contribution in [0.1, 0.15) is 17.5 Å². The number of rotatable bonds is 6. The van der Waals surface area contributed by atoms with Crippen LogP contribution >= 0.6 is 11.3 Å². The summed E-state index contributed by atoms with van der Waals surface area (Å²) < 4.78 is 26.9. The van der Waals surface area contributed by atoms with Gasteiger partial charge in [-0.1, -0.05) is 18.2 Å². The molecule has 0 spiro atoms. The van der Waals surface area contributed by atoms with Gasteiger partial charge in [-0.05, 0) is 42.5 Å². The van der Waals surface area contributed by atoms with Crippen molar-refractivity contribution in [3.8, 4) is 0 Å². The zero-order valence-corrected chi connectivity index (χ0v) is 17.3. The zero-order valence-electron chi connectivity index (χ0n) is 15.6. The highest BCUT2D eigenvalue weighted by Crippen LogP contribution is 2.24. The molecule has 0 atom stereocenters. The van der Waals surface area contributed by atoms with E-state index in [0.717, 1.165) is 13.1 Å². The first-order valence-corrected chi connectivity index (χ1v) is 11.4. The molecular formula is C19H25N3O3S2. The van der Waals surface area contributed by atoms with Gasteiger partial charge >= 0.3 is 0 Å². The predicted octanol–water partition coefficient (Wildman–Crippen LogP) is 2.38. The number of hydrogen-bond acceptors (Lipinski definition) is 5. The summed E-state index contributed by atoms with van der Waals surface area (Å²) in [5.74, 6) is -0.00973. The van der Waals surface area contributed by atoms with Crippen LogP contribution in [0.25, 0.3) is 0 Å².